The van der Waals surface area contributed by atoms with Crippen molar-refractivity contribution in [1.82, 2.24) is 4.98 Å². The van der Waals surface area contributed by atoms with Crippen LogP contribution in [0.25, 0.3) is 0 Å². The van der Waals surface area contributed by atoms with Crippen molar-refractivity contribution in [2.45, 2.75) is 6.92 Å². The average Bonchev–Trinajstić information content (AvgIpc) is 2.82. The first-order valence-electron chi connectivity index (χ1n) is 5.97. The van der Waals surface area contributed by atoms with Crippen LogP contribution < -0.4 is 10.2 Å². The Morgan fingerprint density at radius 1 is 1.33 bits per heavy atom. The first kappa shape index (κ1) is 14.8. The number of urea groups is 1. The number of thiazole rings is 1. The number of carboxylic acids is 1. The van der Waals surface area contributed by atoms with Gasteiger partial charge in [0.2, 0.25) is 0 Å². The first-order chi connectivity index (χ1) is 9.95. The number of aryl methyl sites for hydroxylation is 1. The van der Waals surface area contributed by atoms with E-state index in [0.717, 1.165) is 10.6 Å². The molecule has 2 amide bonds. The van der Waals surface area contributed by atoms with E-state index in [0.29, 0.717) is 10.8 Å². The molecule has 0 fully saturated rings. The summed E-state index contributed by atoms with van der Waals surface area (Å²) in [6.07, 6.45) is 0. The number of rotatable bonds is 4. The highest BCUT2D eigenvalue weighted by Crippen LogP contribution is 2.20. The quantitative estimate of drug-likeness (QED) is 0.804. The van der Waals surface area contributed by atoms with Gasteiger partial charge in [0, 0.05) is 11.1 Å². The van der Waals surface area contributed by atoms with Crippen molar-refractivity contribution in [3.63, 3.8) is 0 Å². The number of aliphatic carboxylic acids is 1. The van der Waals surface area contributed by atoms with Gasteiger partial charge in [-0.15, -0.1) is 11.3 Å². The molecule has 1 heterocycles. The second-order valence-corrected chi connectivity index (χ2v) is 5.08. The molecule has 0 unspecified atom stereocenters. The third-order valence-electron chi connectivity index (χ3n) is 2.53. The Kier molecular flexibility index (Phi) is 4.39. The smallest absolute Gasteiger partial charge is 0.328 e. The molecule has 8 heteroatoms. The van der Waals surface area contributed by atoms with E-state index in [9.17, 15) is 14.7 Å². The molecular weight excluding hydrogens is 294 g/mol. The number of amides is 2. The van der Waals surface area contributed by atoms with Gasteiger partial charge in [0.25, 0.3) is 0 Å². The summed E-state index contributed by atoms with van der Waals surface area (Å²) in [4.78, 5) is 28.3. The summed E-state index contributed by atoms with van der Waals surface area (Å²) in [6, 6.07) is 5.09. The molecule has 0 spiro atoms. The molecule has 7 nitrogen and oxygen atoms in total. The Labute approximate surface area is 124 Å². The van der Waals surface area contributed by atoms with Gasteiger partial charge in [-0.25, -0.2) is 9.78 Å². The van der Waals surface area contributed by atoms with Gasteiger partial charge in [-0.3, -0.25) is 15.0 Å². The lowest BCUT2D eigenvalue weighted by atomic mass is 10.3. The summed E-state index contributed by atoms with van der Waals surface area (Å²) < 4.78 is 0. The van der Waals surface area contributed by atoms with Gasteiger partial charge in [0.05, 0.1) is 5.69 Å². The van der Waals surface area contributed by atoms with Crippen LogP contribution in [0.3, 0.4) is 0 Å². The zero-order valence-corrected chi connectivity index (χ0v) is 11.9. The van der Waals surface area contributed by atoms with Gasteiger partial charge in [0.15, 0.2) is 5.13 Å². The Balaban J connectivity index is 2.20. The van der Waals surface area contributed by atoms with Crippen LogP contribution in [0, 0.1) is 6.92 Å². The Hall–Kier alpha value is -2.61. The summed E-state index contributed by atoms with van der Waals surface area (Å²) in [6.45, 7) is 1.29. The van der Waals surface area contributed by atoms with Crippen LogP contribution in [0.15, 0.2) is 29.6 Å². The van der Waals surface area contributed by atoms with Gasteiger partial charge in [0.1, 0.15) is 12.3 Å². The zero-order chi connectivity index (χ0) is 15.4. The van der Waals surface area contributed by atoms with Gasteiger partial charge >= 0.3 is 12.0 Å². The standard InChI is InChI=1S/C13H13N3O4S/c1-8-7-21-12(14-8)15-13(20)16(6-11(18)19)9-2-4-10(17)5-3-9/h2-5,7,17H,6H2,1H3,(H,18,19)(H,14,15,20). The molecule has 2 aromatic rings. The second kappa shape index (κ2) is 6.23. The third kappa shape index (κ3) is 3.93. The molecule has 3 N–H and O–H groups in total. The lowest BCUT2D eigenvalue weighted by molar-refractivity contribution is -0.135. The number of carbonyl (C=O) groups is 2. The number of carbonyl (C=O) groups excluding carboxylic acids is 1. The topological polar surface area (TPSA) is 103 Å². The van der Waals surface area contributed by atoms with Crippen molar-refractivity contribution in [1.29, 1.82) is 0 Å². The Morgan fingerprint density at radius 3 is 2.52 bits per heavy atom. The number of phenols is 1. The summed E-state index contributed by atoms with van der Waals surface area (Å²) in [5, 5.41) is 22.9. The number of phenolic OH excluding ortho intramolecular Hbond substituents is 1. The number of nitrogens with one attached hydrogen (secondary N) is 1. The minimum Gasteiger partial charge on any atom is -0.508 e. The van der Waals surface area contributed by atoms with Crippen molar-refractivity contribution < 1.29 is 19.8 Å². The van der Waals surface area contributed by atoms with Gasteiger partial charge in [-0.1, -0.05) is 0 Å². The van der Waals surface area contributed by atoms with Gasteiger partial charge < -0.3 is 10.2 Å². The minimum atomic E-state index is -1.14. The lowest BCUT2D eigenvalue weighted by Gasteiger charge is -2.20. The molecule has 0 aliphatic rings. The maximum Gasteiger partial charge on any atom is 0.328 e. The summed E-state index contributed by atoms with van der Waals surface area (Å²) in [5.74, 6) is -1.11. The van der Waals surface area contributed by atoms with Crippen molar-refractivity contribution in [2.75, 3.05) is 16.8 Å². The molecule has 0 atom stereocenters. The van der Waals surface area contributed by atoms with Crippen LogP contribution >= 0.6 is 11.3 Å². The largest absolute Gasteiger partial charge is 0.508 e. The minimum absolute atomic E-state index is 0.0324. The maximum atomic E-state index is 12.2. The fourth-order valence-corrected chi connectivity index (χ4v) is 2.30. The SMILES string of the molecule is Cc1csc(NC(=O)N(CC(=O)O)c2ccc(O)cc2)n1. The summed E-state index contributed by atoms with van der Waals surface area (Å²) in [5.41, 5.74) is 1.13. The van der Waals surface area contributed by atoms with E-state index in [1.165, 1.54) is 35.6 Å². The van der Waals surface area contributed by atoms with Crippen LogP contribution in [-0.2, 0) is 4.79 Å². The van der Waals surface area contributed by atoms with E-state index in [2.05, 4.69) is 10.3 Å². The predicted molar refractivity (Wildman–Crippen MR) is 79.0 cm³/mol. The molecule has 2 rings (SSSR count). The van der Waals surface area contributed by atoms with E-state index in [4.69, 9.17) is 5.11 Å². The summed E-state index contributed by atoms with van der Waals surface area (Å²) >= 11 is 1.25. The number of nitrogens with zero attached hydrogens (tertiary/aromatic N) is 2. The van der Waals surface area contributed by atoms with E-state index in [1.54, 1.807) is 12.3 Å². The Morgan fingerprint density at radius 2 is 2.00 bits per heavy atom. The highest BCUT2D eigenvalue weighted by Gasteiger charge is 2.19. The molecule has 110 valence electrons. The van der Waals surface area contributed by atoms with Crippen LogP contribution in [0.5, 0.6) is 5.75 Å². The van der Waals surface area contributed by atoms with E-state index in [-0.39, 0.29) is 5.75 Å². The molecule has 0 bridgehead atoms. The Bertz CT molecular complexity index is 654. The fraction of sp³-hybridized carbons (Fsp3) is 0.154. The van der Waals surface area contributed by atoms with Crippen molar-refractivity contribution >= 4 is 34.2 Å². The van der Waals surface area contributed by atoms with Crippen LogP contribution in [0.4, 0.5) is 15.6 Å². The number of anilines is 2. The lowest BCUT2D eigenvalue weighted by Crippen LogP contribution is -2.38. The highest BCUT2D eigenvalue weighted by molar-refractivity contribution is 7.13. The fourth-order valence-electron chi connectivity index (χ4n) is 1.62. The monoisotopic (exact) mass is 307 g/mol. The van der Waals surface area contributed by atoms with Crippen molar-refractivity contribution in [3.8, 4) is 5.75 Å². The molecule has 0 saturated carbocycles. The number of benzene rings is 1. The molecule has 0 aliphatic heterocycles. The second-order valence-electron chi connectivity index (χ2n) is 4.22. The van der Waals surface area contributed by atoms with Crippen molar-refractivity contribution in [2.24, 2.45) is 0 Å². The number of aromatic nitrogens is 1. The molecule has 1 aromatic carbocycles. The maximum absolute atomic E-state index is 12.2. The van der Waals surface area contributed by atoms with E-state index in [1.807, 2.05) is 0 Å². The number of hydrogen-bond donors (Lipinski definition) is 3. The molecular formula is C13H13N3O4S. The van der Waals surface area contributed by atoms with Gasteiger partial charge in [-0.2, -0.15) is 0 Å². The van der Waals surface area contributed by atoms with E-state index >= 15 is 0 Å². The molecule has 0 saturated heterocycles. The number of carboxylic acid groups (broad SMARTS) is 1. The molecule has 21 heavy (non-hydrogen) atoms. The number of hydrogen-bond acceptors (Lipinski definition) is 5. The first-order valence-corrected chi connectivity index (χ1v) is 6.85. The van der Waals surface area contributed by atoms with Crippen LogP contribution in [-0.4, -0.2) is 33.7 Å². The van der Waals surface area contributed by atoms with Crippen LogP contribution in [0.1, 0.15) is 5.69 Å². The number of aromatic hydroxyl groups is 1. The molecule has 0 radical (unpaired) electrons. The molecule has 1 aromatic heterocycles. The zero-order valence-electron chi connectivity index (χ0n) is 11.1. The van der Waals surface area contributed by atoms with Gasteiger partial charge in [-0.05, 0) is 31.2 Å². The normalized spacial score (nSPS) is 10.1. The van der Waals surface area contributed by atoms with Crippen LogP contribution in [0.2, 0.25) is 0 Å². The predicted octanol–water partition coefficient (Wildman–Crippen LogP) is 2.28. The van der Waals surface area contributed by atoms with Crippen molar-refractivity contribution in [3.05, 3.63) is 35.3 Å². The molecule has 0 aliphatic carbocycles. The average molecular weight is 307 g/mol. The highest BCUT2D eigenvalue weighted by atomic mass is 32.1. The third-order valence-corrected chi connectivity index (χ3v) is 3.41. The summed E-state index contributed by atoms with van der Waals surface area (Å²) in [7, 11) is 0. The van der Waals surface area contributed by atoms with E-state index < -0.39 is 18.5 Å².